The van der Waals surface area contributed by atoms with Gasteiger partial charge in [0.15, 0.2) is 5.17 Å². The van der Waals surface area contributed by atoms with Crippen molar-refractivity contribution in [2.24, 2.45) is 4.99 Å². The van der Waals surface area contributed by atoms with Crippen molar-refractivity contribution >= 4 is 27.0 Å². The Hall–Kier alpha value is -1.22. The number of hydrogen-bond acceptors (Lipinski definition) is 4. The van der Waals surface area contributed by atoms with E-state index in [9.17, 15) is 21.6 Å². The van der Waals surface area contributed by atoms with Crippen LogP contribution in [-0.2, 0) is 22.0 Å². The van der Waals surface area contributed by atoms with Crippen molar-refractivity contribution in [2.45, 2.75) is 18.9 Å². The maximum atomic E-state index is 12.7. The van der Waals surface area contributed by atoms with Crippen molar-refractivity contribution in [1.29, 1.82) is 0 Å². The van der Waals surface area contributed by atoms with Gasteiger partial charge in [0, 0.05) is 5.75 Å². The quantitative estimate of drug-likeness (QED) is 0.837. The largest absolute Gasteiger partial charge is 0.416 e. The summed E-state index contributed by atoms with van der Waals surface area (Å²) in [5.74, 6) is 0.203. The molecule has 1 heterocycles. The Balaban J connectivity index is 2.07. The summed E-state index contributed by atoms with van der Waals surface area (Å²) < 4.78 is 63.0. The molecule has 4 nitrogen and oxygen atoms in total. The zero-order valence-corrected chi connectivity index (χ0v) is 13.4. The minimum absolute atomic E-state index is 0.0316. The van der Waals surface area contributed by atoms with Gasteiger partial charge in [0.05, 0.1) is 24.4 Å². The van der Waals surface area contributed by atoms with Crippen LogP contribution in [0.5, 0.6) is 0 Å². The summed E-state index contributed by atoms with van der Waals surface area (Å²) in [5.41, 5.74) is -0.236. The Kier molecular flexibility index (Phi) is 5.06. The average molecular weight is 352 g/mol. The van der Waals surface area contributed by atoms with E-state index in [1.54, 1.807) is 13.0 Å². The molecule has 0 saturated heterocycles. The van der Waals surface area contributed by atoms with E-state index < -0.39 is 21.8 Å². The number of alkyl halides is 3. The first-order valence-electron chi connectivity index (χ1n) is 6.58. The standard InChI is InChI=1S/C13H15F3N2O2S2/c1-2-22(19,20)18-7-6-17-12(18)21-9-10-4-3-5-11(8-10)13(14,15)16/h3-5,8H,2,6-7,9H2,1H3. The van der Waals surface area contributed by atoms with Crippen molar-refractivity contribution in [3.05, 3.63) is 35.4 Å². The van der Waals surface area contributed by atoms with Crippen molar-refractivity contribution < 1.29 is 21.6 Å². The summed E-state index contributed by atoms with van der Waals surface area (Å²) in [6.45, 7) is 2.22. The molecule has 0 fully saturated rings. The van der Waals surface area contributed by atoms with Gasteiger partial charge in [0.1, 0.15) is 0 Å². The molecule has 0 amide bonds. The lowest BCUT2D eigenvalue weighted by Crippen LogP contribution is -2.34. The van der Waals surface area contributed by atoms with Crippen LogP contribution in [0.15, 0.2) is 29.3 Å². The highest BCUT2D eigenvalue weighted by atomic mass is 32.2. The van der Waals surface area contributed by atoms with Gasteiger partial charge in [-0.05, 0) is 18.6 Å². The smallest absolute Gasteiger partial charge is 0.260 e. The number of amidine groups is 1. The van der Waals surface area contributed by atoms with Crippen LogP contribution in [0.4, 0.5) is 13.2 Å². The lowest BCUT2D eigenvalue weighted by atomic mass is 10.1. The predicted molar refractivity (Wildman–Crippen MR) is 81.2 cm³/mol. The Morgan fingerprint density at radius 3 is 2.73 bits per heavy atom. The van der Waals surface area contributed by atoms with E-state index in [-0.39, 0.29) is 11.5 Å². The van der Waals surface area contributed by atoms with Crippen LogP contribution < -0.4 is 0 Å². The van der Waals surface area contributed by atoms with Crippen molar-refractivity contribution in [3.8, 4) is 0 Å². The Bertz CT molecular complexity index is 672. The number of hydrogen-bond donors (Lipinski definition) is 0. The van der Waals surface area contributed by atoms with E-state index in [2.05, 4.69) is 4.99 Å². The van der Waals surface area contributed by atoms with E-state index in [1.165, 1.54) is 10.4 Å². The second kappa shape index (κ2) is 6.49. The van der Waals surface area contributed by atoms with Crippen LogP contribution in [-0.4, -0.2) is 36.7 Å². The molecule has 0 radical (unpaired) electrons. The summed E-state index contributed by atoms with van der Waals surface area (Å²) in [6.07, 6.45) is -4.39. The highest BCUT2D eigenvalue weighted by Crippen LogP contribution is 2.30. The van der Waals surface area contributed by atoms with Gasteiger partial charge >= 0.3 is 6.18 Å². The van der Waals surface area contributed by atoms with Gasteiger partial charge in [0.2, 0.25) is 10.0 Å². The van der Waals surface area contributed by atoms with Gasteiger partial charge in [-0.15, -0.1) is 0 Å². The number of nitrogens with zero attached hydrogens (tertiary/aromatic N) is 2. The van der Waals surface area contributed by atoms with Crippen LogP contribution in [0, 0.1) is 0 Å². The van der Waals surface area contributed by atoms with Crippen LogP contribution in [0.2, 0.25) is 0 Å². The van der Waals surface area contributed by atoms with Gasteiger partial charge < -0.3 is 0 Å². The normalized spacial score (nSPS) is 16.0. The number of sulfonamides is 1. The monoisotopic (exact) mass is 352 g/mol. The summed E-state index contributed by atoms with van der Waals surface area (Å²) in [6, 6.07) is 5.00. The maximum absolute atomic E-state index is 12.7. The molecule has 9 heteroatoms. The summed E-state index contributed by atoms with van der Waals surface area (Å²) in [7, 11) is -3.38. The molecule has 22 heavy (non-hydrogen) atoms. The molecule has 1 aromatic carbocycles. The lowest BCUT2D eigenvalue weighted by Gasteiger charge is -2.18. The van der Waals surface area contributed by atoms with Crippen LogP contribution >= 0.6 is 11.8 Å². The number of thioether (sulfide) groups is 1. The molecule has 0 atom stereocenters. The molecule has 0 unspecified atom stereocenters. The van der Waals surface area contributed by atoms with Gasteiger partial charge in [0.25, 0.3) is 0 Å². The Labute approximate surface area is 131 Å². The van der Waals surface area contributed by atoms with Crippen LogP contribution in [0.3, 0.4) is 0 Å². The molecule has 1 aliphatic heterocycles. The zero-order chi connectivity index (χ0) is 16.4. The molecule has 0 saturated carbocycles. The SMILES string of the molecule is CCS(=O)(=O)N1CCN=C1SCc1cccc(C(F)(F)F)c1. The minimum Gasteiger partial charge on any atom is -0.260 e. The maximum Gasteiger partial charge on any atom is 0.416 e. The number of rotatable bonds is 4. The second-order valence-electron chi connectivity index (χ2n) is 4.62. The third kappa shape index (κ3) is 3.95. The topological polar surface area (TPSA) is 49.7 Å². The fraction of sp³-hybridized carbons (Fsp3) is 0.462. The third-order valence-electron chi connectivity index (χ3n) is 3.09. The number of aliphatic imine (C=N–C) groups is 1. The summed E-state index contributed by atoms with van der Waals surface area (Å²) >= 11 is 1.14. The van der Waals surface area contributed by atoms with Crippen LogP contribution in [0.1, 0.15) is 18.1 Å². The fourth-order valence-electron chi connectivity index (χ4n) is 1.93. The zero-order valence-electron chi connectivity index (χ0n) is 11.8. The van der Waals surface area contributed by atoms with Gasteiger partial charge in [-0.2, -0.15) is 13.2 Å². The molecule has 0 aliphatic carbocycles. The van der Waals surface area contributed by atoms with E-state index in [1.807, 2.05) is 0 Å². The first-order valence-corrected chi connectivity index (χ1v) is 9.17. The lowest BCUT2D eigenvalue weighted by molar-refractivity contribution is -0.137. The van der Waals surface area contributed by atoms with Crippen molar-refractivity contribution in [1.82, 2.24) is 4.31 Å². The first-order chi connectivity index (χ1) is 10.2. The molecule has 1 aliphatic rings. The molecular weight excluding hydrogens is 337 g/mol. The molecule has 0 N–H and O–H groups in total. The average Bonchev–Trinajstić information content (AvgIpc) is 2.94. The molecule has 0 aromatic heterocycles. The fourth-order valence-corrected chi connectivity index (χ4v) is 4.29. The van der Waals surface area contributed by atoms with E-state index in [0.717, 1.165) is 23.9 Å². The molecule has 0 spiro atoms. The van der Waals surface area contributed by atoms with Gasteiger partial charge in [-0.25, -0.2) is 12.7 Å². The summed E-state index contributed by atoms with van der Waals surface area (Å²) in [5, 5.41) is 0.347. The molecule has 2 rings (SSSR count). The summed E-state index contributed by atoms with van der Waals surface area (Å²) in [4.78, 5) is 4.12. The number of halogens is 3. The molecule has 122 valence electrons. The highest BCUT2D eigenvalue weighted by molar-refractivity contribution is 8.14. The minimum atomic E-state index is -4.39. The second-order valence-corrected chi connectivity index (χ2v) is 7.75. The third-order valence-corrected chi connectivity index (χ3v) is 6.04. The number of benzene rings is 1. The first kappa shape index (κ1) is 17.1. The van der Waals surface area contributed by atoms with Gasteiger partial charge in [-0.1, -0.05) is 30.0 Å². The van der Waals surface area contributed by atoms with Crippen molar-refractivity contribution in [3.63, 3.8) is 0 Å². The molecular formula is C13H15F3N2O2S2. The van der Waals surface area contributed by atoms with E-state index >= 15 is 0 Å². The predicted octanol–water partition coefficient (Wildman–Crippen LogP) is 2.96. The van der Waals surface area contributed by atoms with Crippen LogP contribution in [0.25, 0.3) is 0 Å². The van der Waals surface area contributed by atoms with E-state index in [4.69, 9.17) is 0 Å². The Morgan fingerprint density at radius 2 is 2.09 bits per heavy atom. The molecule has 0 bridgehead atoms. The van der Waals surface area contributed by atoms with Crippen molar-refractivity contribution in [2.75, 3.05) is 18.8 Å². The Morgan fingerprint density at radius 1 is 1.36 bits per heavy atom. The highest BCUT2D eigenvalue weighted by Gasteiger charge is 2.31. The molecule has 1 aromatic rings. The van der Waals surface area contributed by atoms with Gasteiger partial charge in [-0.3, -0.25) is 4.99 Å². The van der Waals surface area contributed by atoms with E-state index in [0.29, 0.717) is 23.8 Å².